The van der Waals surface area contributed by atoms with Gasteiger partial charge in [-0.1, -0.05) is 6.08 Å². The predicted octanol–water partition coefficient (Wildman–Crippen LogP) is 3.64. The Morgan fingerprint density at radius 3 is 3.00 bits per heavy atom. The summed E-state index contributed by atoms with van der Waals surface area (Å²) in [6.45, 7) is 4.30. The van der Waals surface area contributed by atoms with Gasteiger partial charge in [-0.05, 0) is 44.7 Å². The van der Waals surface area contributed by atoms with Crippen molar-refractivity contribution in [3.63, 3.8) is 0 Å². The average Bonchev–Trinajstić information content (AvgIpc) is 2.65. The standard InChI is InChI=1S/C12H17ClN2/c1-9(2)15-12(6-7-14-15)10-4-3-5-11(13)8-10/h6-9,11H,3-5H2,1-2H3. The summed E-state index contributed by atoms with van der Waals surface area (Å²) in [6, 6.07) is 2.49. The zero-order chi connectivity index (χ0) is 10.8. The summed E-state index contributed by atoms with van der Waals surface area (Å²) in [4.78, 5) is 0. The molecule has 0 radical (unpaired) electrons. The number of halogens is 1. The maximum absolute atomic E-state index is 6.15. The lowest BCUT2D eigenvalue weighted by Crippen LogP contribution is -2.10. The molecule has 82 valence electrons. The van der Waals surface area contributed by atoms with Crippen molar-refractivity contribution >= 4 is 17.2 Å². The fraction of sp³-hybridized carbons (Fsp3) is 0.583. The van der Waals surface area contributed by atoms with Gasteiger partial charge in [0.2, 0.25) is 0 Å². The molecule has 1 aliphatic rings. The lowest BCUT2D eigenvalue weighted by atomic mass is 9.96. The van der Waals surface area contributed by atoms with E-state index in [1.54, 1.807) is 0 Å². The van der Waals surface area contributed by atoms with Crippen LogP contribution in [0.1, 0.15) is 44.8 Å². The van der Waals surface area contributed by atoms with E-state index in [-0.39, 0.29) is 5.38 Å². The minimum Gasteiger partial charge on any atom is -0.263 e. The molecule has 1 heterocycles. The van der Waals surface area contributed by atoms with Crippen molar-refractivity contribution in [2.24, 2.45) is 0 Å². The molecule has 0 aromatic carbocycles. The summed E-state index contributed by atoms with van der Waals surface area (Å²) in [7, 11) is 0. The molecule has 2 nitrogen and oxygen atoms in total. The number of allylic oxidation sites excluding steroid dienone is 2. The number of hydrogen-bond donors (Lipinski definition) is 0. The molecular formula is C12H17ClN2. The maximum Gasteiger partial charge on any atom is 0.0642 e. The summed E-state index contributed by atoms with van der Waals surface area (Å²) in [6.07, 6.45) is 7.46. The molecule has 0 saturated heterocycles. The van der Waals surface area contributed by atoms with Crippen LogP contribution in [0.2, 0.25) is 0 Å². The molecule has 0 saturated carbocycles. The molecule has 1 aliphatic carbocycles. The van der Waals surface area contributed by atoms with E-state index in [0.29, 0.717) is 6.04 Å². The Morgan fingerprint density at radius 1 is 1.53 bits per heavy atom. The Labute approximate surface area is 95.9 Å². The minimum absolute atomic E-state index is 0.198. The zero-order valence-corrected chi connectivity index (χ0v) is 10.0. The Balaban J connectivity index is 2.32. The summed E-state index contributed by atoms with van der Waals surface area (Å²) < 4.78 is 2.07. The van der Waals surface area contributed by atoms with Gasteiger partial charge in [0.15, 0.2) is 0 Å². The molecular weight excluding hydrogens is 208 g/mol. The molecule has 0 aliphatic heterocycles. The second kappa shape index (κ2) is 4.40. The van der Waals surface area contributed by atoms with E-state index in [1.807, 2.05) is 6.20 Å². The first-order valence-corrected chi connectivity index (χ1v) is 6.01. The second-order valence-corrected chi connectivity index (χ2v) is 4.92. The SMILES string of the molecule is CC(C)n1nccc1C1=CC(Cl)CCC1. The van der Waals surface area contributed by atoms with Crippen LogP contribution in [0, 0.1) is 0 Å². The van der Waals surface area contributed by atoms with Crippen LogP contribution in [-0.2, 0) is 0 Å². The van der Waals surface area contributed by atoms with Gasteiger partial charge in [-0.15, -0.1) is 11.6 Å². The smallest absolute Gasteiger partial charge is 0.0642 e. The summed E-state index contributed by atoms with van der Waals surface area (Å²) >= 11 is 6.15. The molecule has 0 fully saturated rings. The third-order valence-corrected chi connectivity index (χ3v) is 3.14. The molecule has 0 N–H and O–H groups in total. The van der Waals surface area contributed by atoms with Crippen molar-refractivity contribution in [2.75, 3.05) is 0 Å². The maximum atomic E-state index is 6.15. The van der Waals surface area contributed by atoms with Gasteiger partial charge < -0.3 is 0 Å². The van der Waals surface area contributed by atoms with Crippen molar-refractivity contribution in [3.05, 3.63) is 24.0 Å². The van der Waals surface area contributed by atoms with Crippen LogP contribution in [0.4, 0.5) is 0 Å². The Bertz CT molecular complexity index is 365. The quantitative estimate of drug-likeness (QED) is 0.702. The fourth-order valence-corrected chi connectivity index (χ4v) is 2.37. The monoisotopic (exact) mass is 224 g/mol. The van der Waals surface area contributed by atoms with Crippen LogP contribution in [0.15, 0.2) is 18.3 Å². The van der Waals surface area contributed by atoms with E-state index in [0.717, 1.165) is 12.8 Å². The van der Waals surface area contributed by atoms with Crippen LogP contribution >= 0.6 is 11.6 Å². The number of aromatic nitrogens is 2. The molecule has 0 spiro atoms. The minimum atomic E-state index is 0.198. The van der Waals surface area contributed by atoms with Crippen molar-refractivity contribution < 1.29 is 0 Å². The van der Waals surface area contributed by atoms with E-state index >= 15 is 0 Å². The van der Waals surface area contributed by atoms with Gasteiger partial charge in [0.25, 0.3) is 0 Å². The van der Waals surface area contributed by atoms with E-state index in [1.165, 1.54) is 17.7 Å². The molecule has 1 unspecified atom stereocenters. The first-order valence-electron chi connectivity index (χ1n) is 5.57. The molecule has 1 atom stereocenters. The van der Waals surface area contributed by atoms with E-state index in [2.05, 4.69) is 35.8 Å². The second-order valence-electron chi connectivity index (χ2n) is 4.35. The molecule has 3 heteroatoms. The summed E-state index contributed by atoms with van der Waals surface area (Å²) in [5.41, 5.74) is 2.59. The molecule has 1 aromatic heterocycles. The highest BCUT2D eigenvalue weighted by Crippen LogP contribution is 2.29. The van der Waals surface area contributed by atoms with Crippen LogP contribution in [0.3, 0.4) is 0 Å². The Kier molecular flexibility index (Phi) is 3.15. The van der Waals surface area contributed by atoms with Crippen LogP contribution in [-0.4, -0.2) is 15.2 Å². The molecule has 0 amide bonds. The van der Waals surface area contributed by atoms with Crippen molar-refractivity contribution in [2.45, 2.75) is 44.5 Å². The lowest BCUT2D eigenvalue weighted by molar-refractivity contribution is 0.524. The molecule has 0 bridgehead atoms. The van der Waals surface area contributed by atoms with E-state index < -0.39 is 0 Å². The summed E-state index contributed by atoms with van der Waals surface area (Å²) in [5, 5.41) is 4.55. The average molecular weight is 225 g/mol. The Hall–Kier alpha value is -0.760. The molecule has 15 heavy (non-hydrogen) atoms. The van der Waals surface area contributed by atoms with Crippen molar-refractivity contribution in [1.82, 2.24) is 9.78 Å². The van der Waals surface area contributed by atoms with Gasteiger partial charge >= 0.3 is 0 Å². The topological polar surface area (TPSA) is 17.8 Å². The van der Waals surface area contributed by atoms with Gasteiger partial charge in [0.1, 0.15) is 0 Å². The molecule has 2 rings (SSSR count). The van der Waals surface area contributed by atoms with Gasteiger partial charge in [-0.3, -0.25) is 4.68 Å². The van der Waals surface area contributed by atoms with Crippen LogP contribution < -0.4 is 0 Å². The highest BCUT2D eigenvalue weighted by molar-refractivity contribution is 6.22. The third kappa shape index (κ3) is 2.25. The zero-order valence-electron chi connectivity index (χ0n) is 9.28. The number of nitrogens with zero attached hydrogens (tertiary/aromatic N) is 2. The summed E-state index contributed by atoms with van der Waals surface area (Å²) in [5.74, 6) is 0. The normalized spacial score (nSPS) is 21.9. The molecule has 1 aromatic rings. The van der Waals surface area contributed by atoms with E-state index in [4.69, 9.17) is 11.6 Å². The number of hydrogen-bond acceptors (Lipinski definition) is 1. The van der Waals surface area contributed by atoms with Gasteiger partial charge in [0, 0.05) is 12.2 Å². The van der Waals surface area contributed by atoms with Gasteiger partial charge in [-0.2, -0.15) is 5.10 Å². The van der Waals surface area contributed by atoms with E-state index in [9.17, 15) is 0 Å². The van der Waals surface area contributed by atoms with Crippen LogP contribution in [0.5, 0.6) is 0 Å². The Morgan fingerprint density at radius 2 is 2.33 bits per heavy atom. The fourth-order valence-electron chi connectivity index (χ4n) is 2.07. The largest absolute Gasteiger partial charge is 0.263 e. The van der Waals surface area contributed by atoms with Crippen molar-refractivity contribution in [1.29, 1.82) is 0 Å². The third-order valence-electron chi connectivity index (χ3n) is 2.80. The van der Waals surface area contributed by atoms with Crippen molar-refractivity contribution in [3.8, 4) is 0 Å². The highest BCUT2D eigenvalue weighted by Gasteiger charge is 2.16. The first-order chi connectivity index (χ1) is 7.18. The lowest BCUT2D eigenvalue weighted by Gasteiger charge is -2.19. The predicted molar refractivity (Wildman–Crippen MR) is 64.1 cm³/mol. The van der Waals surface area contributed by atoms with Crippen LogP contribution in [0.25, 0.3) is 5.57 Å². The van der Waals surface area contributed by atoms with Gasteiger partial charge in [0.05, 0.1) is 11.1 Å². The van der Waals surface area contributed by atoms with Gasteiger partial charge in [-0.25, -0.2) is 0 Å². The number of alkyl halides is 1. The first kappa shape index (κ1) is 10.7. The number of rotatable bonds is 2. The highest BCUT2D eigenvalue weighted by atomic mass is 35.5.